The van der Waals surface area contributed by atoms with Crippen molar-refractivity contribution in [2.75, 3.05) is 13.2 Å². The normalized spacial score (nSPS) is 17.7. The Labute approximate surface area is 90.5 Å². The molecule has 1 saturated heterocycles. The number of allylic oxidation sites excluding steroid dienone is 1. The summed E-state index contributed by atoms with van der Waals surface area (Å²) in [5, 5.41) is 0. The molecular formula is C13H16O2. The summed E-state index contributed by atoms with van der Waals surface area (Å²) in [6, 6.07) is 8.19. The zero-order valence-electron chi connectivity index (χ0n) is 9.03. The zero-order valence-corrected chi connectivity index (χ0v) is 9.03. The van der Waals surface area contributed by atoms with E-state index < -0.39 is 0 Å². The molecule has 1 aliphatic heterocycles. The van der Waals surface area contributed by atoms with Crippen LogP contribution in [0.25, 0.3) is 5.57 Å². The summed E-state index contributed by atoms with van der Waals surface area (Å²) >= 11 is 0. The first-order valence-corrected chi connectivity index (χ1v) is 5.26. The first-order chi connectivity index (χ1) is 7.27. The van der Waals surface area contributed by atoms with E-state index in [2.05, 4.69) is 18.7 Å². The maximum absolute atomic E-state index is 5.52. The third-order valence-corrected chi connectivity index (χ3v) is 2.50. The van der Waals surface area contributed by atoms with Gasteiger partial charge in [0.1, 0.15) is 0 Å². The summed E-state index contributed by atoms with van der Waals surface area (Å²) in [6.45, 7) is 7.48. The summed E-state index contributed by atoms with van der Waals surface area (Å²) in [4.78, 5) is 0. The molecule has 0 aromatic heterocycles. The van der Waals surface area contributed by atoms with Gasteiger partial charge in [0.15, 0.2) is 6.29 Å². The molecule has 0 amide bonds. The second-order valence-corrected chi connectivity index (χ2v) is 3.83. The molecule has 0 atom stereocenters. The maximum atomic E-state index is 5.52. The fourth-order valence-electron chi connectivity index (χ4n) is 1.61. The van der Waals surface area contributed by atoms with Crippen molar-refractivity contribution in [3.05, 3.63) is 42.0 Å². The van der Waals surface area contributed by atoms with Gasteiger partial charge in [-0.3, -0.25) is 0 Å². The van der Waals surface area contributed by atoms with Crippen LogP contribution in [0.3, 0.4) is 0 Å². The fourth-order valence-corrected chi connectivity index (χ4v) is 1.61. The van der Waals surface area contributed by atoms with Gasteiger partial charge >= 0.3 is 0 Å². The smallest absolute Gasteiger partial charge is 0.183 e. The molecule has 2 rings (SSSR count). The first kappa shape index (κ1) is 10.4. The van der Waals surface area contributed by atoms with E-state index in [1.165, 1.54) is 0 Å². The van der Waals surface area contributed by atoms with E-state index in [0.717, 1.165) is 36.3 Å². The Kier molecular flexibility index (Phi) is 3.19. The van der Waals surface area contributed by atoms with Crippen LogP contribution in [-0.4, -0.2) is 13.2 Å². The molecule has 0 bridgehead atoms. The average molecular weight is 204 g/mol. The van der Waals surface area contributed by atoms with Crippen molar-refractivity contribution in [1.82, 2.24) is 0 Å². The predicted octanol–water partition coefficient (Wildman–Crippen LogP) is 3.16. The summed E-state index contributed by atoms with van der Waals surface area (Å²) in [5.74, 6) is 0. The highest BCUT2D eigenvalue weighted by atomic mass is 16.7. The summed E-state index contributed by atoms with van der Waals surface area (Å²) < 4.78 is 11.0. The molecule has 0 aliphatic carbocycles. The highest BCUT2D eigenvalue weighted by molar-refractivity contribution is 5.61. The van der Waals surface area contributed by atoms with Crippen LogP contribution >= 0.6 is 0 Å². The second-order valence-electron chi connectivity index (χ2n) is 3.83. The molecular weight excluding hydrogens is 188 g/mol. The van der Waals surface area contributed by atoms with Gasteiger partial charge < -0.3 is 9.47 Å². The molecule has 1 fully saturated rings. The molecule has 1 aromatic carbocycles. The number of hydrogen-bond donors (Lipinski definition) is 0. The molecule has 0 unspecified atom stereocenters. The summed E-state index contributed by atoms with van der Waals surface area (Å²) in [7, 11) is 0. The van der Waals surface area contributed by atoms with Gasteiger partial charge in [0, 0.05) is 5.56 Å². The van der Waals surface area contributed by atoms with Crippen molar-refractivity contribution in [2.24, 2.45) is 0 Å². The summed E-state index contributed by atoms with van der Waals surface area (Å²) in [6.07, 6.45) is 0.804. The predicted molar refractivity (Wildman–Crippen MR) is 60.4 cm³/mol. The SMILES string of the molecule is C=C(C)c1ccc(C2OCCCO2)cc1. The van der Waals surface area contributed by atoms with Crippen molar-refractivity contribution in [3.8, 4) is 0 Å². The molecule has 2 heteroatoms. The standard InChI is InChI=1S/C13H16O2/c1-10(2)11-4-6-12(7-5-11)13-14-8-3-9-15-13/h4-7,13H,1,3,8-9H2,2H3. The highest BCUT2D eigenvalue weighted by Gasteiger charge is 2.15. The van der Waals surface area contributed by atoms with Crippen LogP contribution in [0, 0.1) is 0 Å². The topological polar surface area (TPSA) is 18.5 Å². The van der Waals surface area contributed by atoms with Gasteiger partial charge in [-0.05, 0) is 18.9 Å². The van der Waals surface area contributed by atoms with Crippen LogP contribution < -0.4 is 0 Å². The van der Waals surface area contributed by atoms with E-state index >= 15 is 0 Å². The maximum Gasteiger partial charge on any atom is 0.183 e. The van der Waals surface area contributed by atoms with E-state index in [0.29, 0.717) is 0 Å². The van der Waals surface area contributed by atoms with E-state index in [1.54, 1.807) is 0 Å². The van der Waals surface area contributed by atoms with Crippen LogP contribution in [0.4, 0.5) is 0 Å². The largest absolute Gasteiger partial charge is 0.348 e. The Balaban J connectivity index is 2.11. The zero-order chi connectivity index (χ0) is 10.7. The number of rotatable bonds is 2. The molecule has 80 valence electrons. The lowest BCUT2D eigenvalue weighted by Gasteiger charge is -2.23. The monoisotopic (exact) mass is 204 g/mol. The minimum absolute atomic E-state index is 0.182. The Morgan fingerprint density at radius 1 is 1.20 bits per heavy atom. The average Bonchev–Trinajstić information content (AvgIpc) is 2.30. The molecule has 0 N–H and O–H groups in total. The van der Waals surface area contributed by atoms with Crippen LogP contribution in [0.1, 0.15) is 30.8 Å². The Morgan fingerprint density at radius 3 is 2.33 bits per heavy atom. The van der Waals surface area contributed by atoms with Gasteiger partial charge in [0.2, 0.25) is 0 Å². The van der Waals surface area contributed by atoms with Crippen molar-refractivity contribution < 1.29 is 9.47 Å². The van der Waals surface area contributed by atoms with E-state index in [-0.39, 0.29) is 6.29 Å². The van der Waals surface area contributed by atoms with Gasteiger partial charge in [-0.25, -0.2) is 0 Å². The van der Waals surface area contributed by atoms with Crippen molar-refractivity contribution >= 4 is 5.57 Å². The Bertz CT molecular complexity index is 334. The van der Waals surface area contributed by atoms with Crippen LogP contribution in [-0.2, 0) is 9.47 Å². The molecule has 0 radical (unpaired) electrons. The van der Waals surface area contributed by atoms with Crippen molar-refractivity contribution in [1.29, 1.82) is 0 Å². The molecule has 2 nitrogen and oxygen atoms in total. The minimum atomic E-state index is -0.182. The lowest BCUT2D eigenvalue weighted by atomic mass is 10.1. The molecule has 15 heavy (non-hydrogen) atoms. The van der Waals surface area contributed by atoms with Crippen LogP contribution in [0.2, 0.25) is 0 Å². The quantitative estimate of drug-likeness (QED) is 0.736. The highest BCUT2D eigenvalue weighted by Crippen LogP contribution is 2.24. The van der Waals surface area contributed by atoms with Gasteiger partial charge in [0.05, 0.1) is 13.2 Å². The number of benzene rings is 1. The molecule has 1 aromatic rings. The van der Waals surface area contributed by atoms with Crippen molar-refractivity contribution in [2.45, 2.75) is 19.6 Å². The molecule has 1 aliphatic rings. The first-order valence-electron chi connectivity index (χ1n) is 5.26. The molecule has 0 saturated carbocycles. The molecule has 1 heterocycles. The minimum Gasteiger partial charge on any atom is -0.348 e. The van der Waals surface area contributed by atoms with E-state index in [9.17, 15) is 0 Å². The second kappa shape index (κ2) is 4.60. The third-order valence-electron chi connectivity index (χ3n) is 2.50. The van der Waals surface area contributed by atoms with E-state index in [4.69, 9.17) is 9.47 Å². The van der Waals surface area contributed by atoms with Crippen molar-refractivity contribution in [3.63, 3.8) is 0 Å². The van der Waals surface area contributed by atoms with Gasteiger partial charge in [-0.15, -0.1) is 0 Å². The fraction of sp³-hybridized carbons (Fsp3) is 0.385. The van der Waals surface area contributed by atoms with E-state index in [1.807, 2.05) is 19.1 Å². The number of hydrogen-bond acceptors (Lipinski definition) is 2. The van der Waals surface area contributed by atoms with Crippen LogP contribution in [0.15, 0.2) is 30.8 Å². The van der Waals surface area contributed by atoms with Gasteiger partial charge in [0.25, 0.3) is 0 Å². The Hall–Kier alpha value is -1.12. The third kappa shape index (κ3) is 2.46. The molecule has 0 spiro atoms. The lowest BCUT2D eigenvalue weighted by Crippen LogP contribution is -2.17. The van der Waals surface area contributed by atoms with Gasteiger partial charge in [-0.2, -0.15) is 0 Å². The van der Waals surface area contributed by atoms with Gasteiger partial charge in [-0.1, -0.05) is 36.4 Å². The number of ether oxygens (including phenoxy) is 2. The Morgan fingerprint density at radius 2 is 1.80 bits per heavy atom. The summed E-state index contributed by atoms with van der Waals surface area (Å²) in [5.41, 5.74) is 3.32. The van der Waals surface area contributed by atoms with Crippen LogP contribution in [0.5, 0.6) is 0 Å². The lowest BCUT2D eigenvalue weighted by molar-refractivity contribution is -0.183.